The minimum atomic E-state index is -0.773. The van der Waals surface area contributed by atoms with Gasteiger partial charge in [-0.25, -0.2) is 9.07 Å². The molecular formula is C15H17FN4O. The molecule has 6 heteroatoms. The second-order valence-electron chi connectivity index (χ2n) is 5.62. The Balaban J connectivity index is 1.86. The molecule has 0 unspecified atom stereocenters. The minimum absolute atomic E-state index is 0.263. The molecule has 1 fully saturated rings. The Kier molecular flexibility index (Phi) is 3.06. The van der Waals surface area contributed by atoms with Crippen LogP contribution in [0.4, 0.5) is 10.1 Å². The molecule has 0 aliphatic heterocycles. The fourth-order valence-electron chi connectivity index (χ4n) is 2.25. The van der Waals surface area contributed by atoms with Gasteiger partial charge in [0, 0.05) is 11.4 Å². The predicted molar refractivity (Wildman–Crippen MR) is 77.8 cm³/mol. The molecule has 3 rings (SSSR count). The van der Waals surface area contributed by atoms with Gasteiger partial charge in [-0.3, -0.25) is 4.79 Å². The van der Waals surface area contributed by atoms with Crippen LogP contribution < -0.4 is 11.1 Å². The Bertz CT molecular complexity index is 718. The number of amides is 1. The maximum absolute atomic E-state index is 14.2. The molecule has 1 saturated carbocycles. The van der Waals surface area contributed by atoms with E-state index in [1.165, 1.54) is 6.07 Å². The van der Waals surface area contributed by atoms with Crippen molar-refractivity contribution in [1.29, 1.82) is 0 Å². The fourth-order valence-corrected chi connectivity index (χ4v) is 2.25. The Hall–Kier alpha value is -2.21. The molecule has 2 aromatic rings. The molecule has 1 amide bonds. The number of hydrogen-bond donors (Lipinski definition) is 2. The van der Waals surface area contributed by atoms with Gasteiger partial charge in [0.05, 0.1) is 11.2 Å². The number of hydrogen-bond acceptors (Lipinski definition) is 3. The first kappa shape index (κ1) is 13.8. The van der Waals surface area contributed by atoms with Crippen LogP contribution in [0.1, 0.15) is 24.2 Å². The molecule has 0 spiro atoms. The molecule has 1 aromatic carbocycles. The Morgan fingerprint density at radius 3 is 2.62 bits per heavy atom. The number of benzene rings is 1. The van der Waals surface area contributed by atoms with E-state index in [0.29, 0.717) is 24.2 Å². The fraction of sp³-hybridized carbons (Fsp3) is 0.333. The van der Waals surface area contributed by atoms with Crippen molar-refractivity contribution >= 4 is 11.6 Å². The molecule has 0 atom stereocenters. The van der Waals surface area contributed by atoms with Crippen molar-refractivity contribution in [2.24, 2.45) is 5.73 Å². The van der Waals surface area contributed by atoms with Crippen molar-refractivity contribution in [2.75, 3.05) is 5.32 Å². The van der Waals surface area contributed by atoms with Gasteiger partial charge in [-0.1, -0.05) is 0 Å². The predicted octanol–water partition coefficient (Wildman–Crippen LogP) is 2.06. The van der Waals surface area contributed by atoms with Gasteiger partial charge < -0.3 is 11.1 Å². The maximum atomic E-state index is 14.2. The number of nitrogens with one attached hydrogen (secondary N) is 1. The first-order valence-electron chi connectivity index (χ1n) is 6.83. The maximum Gasteiger partial charge on any atom is 0.244 e. The molecule has 1 aliphatic carbocycles. The lowest BCUT2D eigenvalue weighted by atomic mass is 10.2. The monoisotopic (exact) mass is 288 g/mol. The standard InChI is InChI=1S/C15H17FN4O/c1-9-7-10(2)20(19-9)13-4-3-11(8-12(13)16)18-14(21)15(17)5-6-15/h3-4,7-8H,5-6,17H2,1-2H3,(H,18,21). The van der Waals surface area contributed by atoms with Gasteiger partial charge >= 0.3 is 0 Å². The summed E-state index contributed by atoms with van der Waals surface area (Å²) in [6.45, 7) is 3.72. The smallest absolute Gasteiger partial charge is 0.244 e. The highest BCUT2D eigenvalue weighted by Crippen LogP contribution is 2.33. The first-order valence-corrected chi connectivity index (χ1v) is 6.83. The van der Waals surface area contributed by atoms with Crippen LogP contribution in [-0.4, -0.2) is 21.2 Å². The summed E-state index contributed by atoms with van der Waals surface area (Å²) >= 11 is 0. The SMILES string of the molecule is Cc1cc(C)n(-c2ccc(NC(=O)C3(N)CC3)cc2F)n1. The number of aryl methyl sites for hydroxylation is 2. The summed E-state index contributed by atoms with van der Waals surface area (Å²) in [7, 11) is 0. The lowest BCUT2D eigenvalue weighted by Crippen LogP contribution is -2.37. The molecule has 5 nitrogen and oxygen atoms in total. The second-order valence-corrected chi connectivity index (χ2v) is 5.62. The highest BCUT2D eigenvalue weighted by atomic mass is 19.1. The quantitative estimate of drug-likeness (QED) is 0.908. The number of halogens is 1. The van der Waals surface area contributed by atoms with Crippen molar-refractivity contribution in [3.8, 4) is 5.69 Å². The summed E-state index contributed by atoms with van der Waals surface area (Å²) < 4.78 is 15.8. The third-order valence-electron chi connectivity index (χ3n) is 3.68. The van der Waals surface area contributed by atoms with Gasteiger partial charge in [0.2, 0.25) is 5.91 Å². The second kappa shape index (κ2) is 4.66. The zero-order valence-electron chi connectivity index (χ0n) is 12.0. The van der Waals surface area contributed by atoms with E-state index in [4.69, 9.17) is 5.73 Å². The Morgan fingerprint density at radius 1 is 1.38 bits per heavy atom. The van der Waals surface area contributed by atoms with Crippen molar-refractivity contribution in [3.63, 3.8) is 0 Å². The molecule has 1 aliphatic rings. The van der Waals surface area contributed by atoms with Crippen molar-refractivity contribution < 1.29 is 9.18 Å². The van der Waals surface area contributed by atoms with Crippen LogP contribution in [0.3, 0.4) is 0 Å². The summed E-state index contributed by atoms with van der Waals surface area (Å²) in [5, 5.41) is 6.90. The molecular weight excluding hydrogens is 271 g/mol. The van der Waals surface area contributed by atoms with E-state index in [1.54, 1.807) is 16.8 Å². The van der Waals surface area contributed by atoms with Crippen LogP contribution in [0.25, 0.3) is 5.69 Å². The van der Waals surface area contributed by atoms with E-state index >= 15 is 0 Å². The van der Waals surface area contributed by atoms with Gasteiger partial charge in [0.25, 0.3) is 0 Å². The van der Waals surface area contributed by atoms with E-state index in [-0.39, 0.29) is 5.91 Å². The van der Waals surface area contributed by atoms with Crippen molar-refractivity contribution in [2.45, 2.75) is 32.2 Å². The minimum Gasteiger partial charge on any atom is -0.324 e. The number of carbonyl (C=O) groups is 1. The topological polar surface area (TPSA) is 72.9 Å². The third kappa shape index (κ3) is 2.54. The average molecular weight is 288 g/mol. The lowest BCUT2D eigenvalue weighted by Gasteiger charge is -2.12. The average Bonchev–Trinajstić information content (AvgIpc) is 3.07. The summed E-state index contributed by atoms with van der Waals surface area (Å²) in [5.41, 5.74) is 7.45. The van der Waals surface area contributed by atoms with Crippen molar-refractivity contribution in [1.82, 2.24) is 9.78 Å². The van der Waals surface area contributed by atoms with Crippen LogP contribution >= 0.6 is 0 Å². The van der Waals surface area contributed by atoms with Gasteiger partial charge in [-0.05, 0) is 51.0 Å². The Morgan fingerprint density at radius 2 is 2.10 bits per heavy atom. The number of nitrogens with two attached hydrogens (primary N) is 1. The molecule has 3 N–H and O–H groups in total. The molecule has 1 aromatic heterocycles. The summed E-state index contributed by atoms with van der Waals surface area (Å²) in [6, 6.07) is 6.41. The van der Waals surface area contributed by atoms with E-state index in [0.717, 1.165) is 11.4 Å². The lowest BCUT2D eigenvalue weighted by molar-refractivity contribution is -0.118. The normalized spacial score (nSPS) is 15.8. The van der Waals surface area contributed by atoms with Gasteiger partial charge in [-0.2, -0.15) is 5.10 Å². The van der Waals surface area contributed by atoms with Gasteiger partial charge in [-0.15, -0.1) is 0 Å². The zero-order chi connectivity index (χ0) is 15.2. The van der Waals surface area contributed by atoms with Gasteiger partial charge in [0.1, 0.15) is 5.69 Å². The number of rotatable bonds is 3. The molecule has 1 heterocycles. The van der Waals surface area contributed by atoms with Crippen LogP contribution in [0.15, 0.2) is 24.3 Å². The summed E-state index contributed by atoms with van der Waals surface area (Å²) in [6.07, 6.45) is 1.34. The van der Waals surface area contributed by atoms with Gasteiger partial charge in [0.15, 0.2) is 5.82 Å². The first-order chi connectivity index (χ1) is 9.89. The van der Waals surface area contributed by atoms with E-state index < -0.39 is 11.4 Å². The molecule has 0 bridgehead atoms. The van der Waals surface area contributed by atoms with Crippen LogP contribution in [-0.2, 0) is 4.79 Å². The Labute approximate surface area is 121 Å². The molecule has 21 heavy (non-hydrogen) atoms. The number of anilines is 1. The van der Waals surface area contributed by atoms with E-state index in [2.05, 4.69) is 10.4 Å². The highest BCUT2D eigenvalue weighted by molar-refractivity contribution is 6.00. The molecule has 0 saturated heterocycles. The largest absolute Gasteiger partial charge is 0.324 e. The van der Waals surface area contributed by atoms with Crippen LogP contribution in [0.5, 0.6) is 0 Å². The zero-order valence-corrected chi connectivity index (χ0v) is 12.0. The number of aromatic nitrogens is 2. The van der Waals surface area contributed by atoms with E-state index in [9.17, 15) is 9.18 Å². The summed E-state index contributed by atoms with van der Waals surface area (Å²) in [4.78, 5) is 11.8. The highest BCUT2D eigenvalue weighted by Gasteiger charge is 2.45. The summed E-state index contributed by atoms with van der Waals surface area (Å²) in [5.74, 6) is -0.707. The van der Waals surface area contributed by atoms with Crippen LogP contribution in [0, 0.1) is 19.7 Å². The number of nitrogens with zero attached hydrogens (tertiary/aromatic N) is 2. The van der Waals surface area contributed by atoms with E-state index in [1.807, 2.05) is 19.9 Å². The van der Waals surface area contributed by atoms with Crippen molar-refractivity contribution in [3.05, 3.63) is 41.5 Å². The molecule has 0 radical (unpaired) electrons. The third-order valence-corrected chi connectivity index (χ3v) is 3.68. The number of carbonyl (C=O) groups excluding carboxylic acids is 1. The molecule has 110 valence electrons. The van der Waals surface area contributed by atoms with Crippen LogP contribution in [0.2, 0.25) is 0 Å².